The highest BCUT2D eigenvalue weighted by Gasteiger charge is 2.74. The minimum atomic E-state index is -1.25. The maximum atomic E-state index is 11.5. The van der Waals surface area contributed by atoms with Crippen molar-refractivity contribution >= 4 is 43.5 Å². The first-order chi connectivity index (χ1) is 17.0. The van der Waals surface area contributed by atoms with Crippen molar-refractivity contribution < 1.29 is 14.4 Å². The summed E-state index contributed by atoms with van der Waals surface area (Å²) in [6.45, 7) is 2.04. The molecule has 5 nitrogen and oxygen atoms in total. The molecule has 1 aliphatic carbocycles. The zero-order valence-electron chi connectivity index (χ0n) is 19.8. The van der Waals surface area contributed by atoms with Crippen molar-refractivity contribution in [3.8, 4) is 11.3 Å². The molecule has 8 rings (SSSR count). The van der Waals surface area contributed by atoms with Gasteiger partial charge in [-0.2, -0.15) is 0 Å². The fraction of sp³-hybridized carbons (Fsp3) is 0.200. The molecular formula is C30H24N3O2+. The van der Waals surface area contributed by atoms with Gasteiger partial charge in [0.1, 0.15) is 11.1 Å². The maximum absolute atomic E-state index is 11.5. The first kappa shape index (κ1) is 19.5. The predicted molar refractivity (Wildman–Crippen MR) is 137 cm³/mol. The third-order valence-corrected chi connectivity index (χ3v) is 8.33. The number of ether oxygens (including phenoxy) is 1. The highest BCUT2D eigenvalue weighted by Crippen LogP contribution is 2.64. The lowest BCUT2D eigenvalue weighted by Crippen LogP contribution is -2.44. The average molecular weight is 459 g/mol. The molecule has 0 bridgehead atoms. The molecule has 1 fully saturated rings. The summed E-state index contributed by atoms with van der Waals surface area (Å²) in [6, 6.07) is 25.7. The van der Waals surface area contributed by atoms with E-state index in [1.807, 2.05) is 6.92 Å². The number of aromatic nitrogens is 3. The molecule has 6 aromatic rings. The van der Waals surface area contributed by atoms with Gasteiger partial charge in [-0.3, -0.25) is 0 Å². The molecule has 3 atom stereocenters. The van der Waals surface area contributed by atoms with E-state index in [1.54, 1.807) is 7.11 Å². The van der Waals surface area contributed by atoms with E-state index in [4.69, 9.17) is 9.72 Å². The molecule has 0 spiro atoms. The normalized spacial score (nSPS) is 22.5. The Balaban J connectivity index is 1.61. The molecule has 3 heterocycles. The van der Waals surface area contributed by atoms with Gasteiger partial charge in [-0.15, -0.1) is 0 Å². The van der Waals surface area contributed by atoms with Crippen molar-refractivity contribution in [3.63, 3.8) is 0 Å². The first-order valence-corrected chi connectivity index (χ1v) is 12.1. The van der Waals surface area contributed by atoms with Crippen LogP contribution in [0.5, 0.6) is 0 Å². The number of aliphatic hydroxyl groups is 1. The average Bonchev–Trinajstić information content (AvgIpc) is 3.41. The Labute approximate surface area is 201 Å². The van der Waals surface area contributed by atoms with Gasteiger partial charge >= 0.3 is 0 Å². The molecule has 35 heavy (non-hydrogen) atoms. The van der Waals surface area contributed by atoms with E-state index in [9.17, 15) is 5.11 Å². The summed E-state index contributed by atoms with van der Waals surface area (Å²) in [6.07, 6.45) is 0. The largest absolute Gasteiger partial charge is 0.362 e. The van der Waals surface area contributed by atoms with E-state index in [-0.39, 0.29) is 12.0 Å². The molecule has 2 aliphatic rings. The van der Waals surface area contributed by atoms with Crippen molar-refractivity contribution in [2.24, 2.45) is 7.05 Å². The van der Waals surface area contributed by atoms with Gasteiger partial charge in [-0.25, -0.2) is 4.57 Å². The van der Waals surface area contributed by atoms with E-state index in [0.717, 1.165) is 33.7 Å². The van der Waals surface area contributed by atoms with Crippen LogP contribution in [0.4, 0.5) is 0 Å². The van der Waals surface area contributed by atoms with Crippen LogP contribution < -0.4 is 4.57 Å². The zero-order valence-corrected chi connectivity index (χ0v) is 19.8. The minimum Gasteiger partial charge on any atom is -0.362 e. The lowest BCUT2D eigenvalue weighted by molar-refractivity contribution is -0.709. The molecule has 0 saturated heterocycles. The Kier molecular flexibility index (Phi) is 3.48. The van der Waals surface area contributed by atoms with Crippen LogP contribution in [0.3, 0.4) is 0 Å². The topological polar surface area (TPSA) is 51.2 Å². The van der Waals surface area contributed by atoms with Crippen LogP contribution in [-0.2, 0) is 11.8 Å². The summed E-state index contributed by atoms with van der Waals surface area (Å²) < 4.78 is 10.2. The van der Waals surface area contributed by atoms with Crippen molar-refractivity contribution in [3.05, 3.63) is 84.2 Å². The van der Waals surface area contributed by atoms with E-state index in [0.29, 0.717) is 0 Å². The SMILES string of the molecule is COC1(O)C2c3cc4ccccc4cc3-c3c4c5ccc6ccccc6c5n(C)c4nc(C)[n+]3C21. The number of rotatable bonds is 1. The number of hydrogen-bond acceptors (Lipinski definition) is 3. The van der Waals surface area contributed by atoms with Crippen LogP contribution in [0.1, 0.15) is 23.3 Å². The van der Waals surface area contributed by atoms with Crippen LogP contribution in [-0.4, -0.2) is 27.6 Å². The Morgan fingerprint density at radius 1 is 0.943 bits per heavy atom. The van der Waals surface area contributed by atoms with E-state index in [1.165, 1.54) is 32.4 Å². The molecule has 0 amide bonds. The molecule has 1 N–H and O–H groups in total. The standard InChI is InChI=1S/C30H24N3O2/c1-16-31-29-24(21-13-12-17-8-6-7-11-20(17)26(21)32(29)2)27-23-15-19-10-5-4-9-18(19)14-22(23)25-28(33(16)27)30(25,34)35-3/h4-15,25,28,34H,1-3H3/q+1. The summed E-state index contributed by atoms with van der Waals surface area (Å²) in [7, 11) is 3.71. The van der Waals surface area contributed by atoms with Crippen LogP contribution in [0.2, 0.25) is 0 Å². The van der Waals surface area contributed by atoms with Crippen LogP contribution >= 0.6 is 0 Å². The van der Waals surface area contributed by atoms with Gasteiger partial charge in [0.15, 0.2) is 6.04 Å². The fourth-order valence-corrected chi connectivity index (χ4v) is 6.70. The molecule has 1 aliphatic heterocycles. The number of benzene rings is 4. The quantitative estimate of drug-likeness (QED) is 0.269. The Morgan fingerprint density at radius 2 is 1.66 bits per heavy atom. The molecular weight excluding hydrogens is 434 g/mol. The van der Waals surface area contributed by atoms with Crippen LogP contribution in [0.15, 0.2) is 72.8 Å². The summed E-state index contributed by atoms with van der Waals surface area (Å²) in [5, 5.41) is 18.6. The lowest BCUT2D eigenvalue weighted by Gasteiger charge is -2.18. The van der Waals surface area contributed by atoms with E-state index < -0.39 is 5.79 Å². The van der Waals surface area contributed by atoms with Gasteiger partial charge in [0.2, 0.25) is 5.79 Å². The Bertz CT molecular complexity index is 1900. The second kappa shape index (κ2) is 6.25. The number of nitrogens with zero attached hydrogens (tertiary/aromatic N) is 3. The van der Waals surface area contributed by atoms with Gasteiger partial charge in [-0.1, -0.05) is 60.7 Å². The molecule has 4 aromatic carbocycles. The zero-order chi connectivity index (χ0) is 23.6. The van der Waals surface area contributed by atoms with Crippen LogP contribution in [0, 0.1) is 6.92 Å². The molecule has 3 unspecified atom stereocenters. The summed E-state index contributed by atoms with van der Waals surface area (Å²) in [5.41, 5.74) is 5.54. The van der Waals surface area contributed by atoms with Crippen molar-refractivity contribution in [2.45, 2.75) is 24.7 Å². The van der Waals surface area contributed by atoms with Gasteiger partial charge in [0.05, 0.1) is 11.4 Å². The molecule has 2 aromatic heterocycles. The van der Waals surface area contributed by atoms with Gasteiger partial charge in [0.25, 0.3) is 11.5 Å². The highest BCUT2D eigenvalue weighted by molar-refractivity contribution is 6.20. The van der Waals surface area contributed by atoms with Gasteiger partial charge in [0, 0.05) is 37.4 Å². The highest BCUT2D eigenvalue weighted by atomic mass is 16.6. The summed E-state index contributed by atoms with van der Waals surface area (Å²) in [4.78, 5) is 5.10. The lowest BCUT2D eigenvalue weighted by atomic mass is 9.91. The second-order valence-electron chi connectivity index (χ2n) is 9.98. The predicted octanol–water partition coefficient (Wildman–Crippen LogP) is 5.28. The van der Waals surface area contributed by atoms with Crippen molar-refractivity contribution in [1.29, 1.82) is 0 Å². The first-order valence-electron chi connectivity index (χ1n) is 12.1. The van der Waals surface area contributed by atoms with E-state index >= 15 is 0 Å². The monoisotopic (exact) mass is 458 g/mol. The Hall–Kier alpha value is -3.80. The number of hydrogen-bond donors (Lipinski definition) is 1. The van der Waals surface area contributed by atoms with Gasteiger partial charge < -0.3 is 14.4 Å². The summed E-state index contributed by atoms with van der Waals surface area (Å²) in [5.74, 6) is -0.493. The molecule has 1 saturated carbocycles. The van der Waals surface area contributed by atoms with E-state index in [2.05, 4.69) is 89.0 Å². The summed E-state index contributed by atoms with van der Waals surface area (Å²) >= 11 is 0. The second-order valence-corrected chi connectivity index (χ2v) is 9.98. The third kappa shape index (κ3) is 2.21. The van der Waals surface area contributed by atoms with Crippen molar-refractivity contribution in [2.75, 3.05) is 7.11 Å². The maximum Gasteiger partial charge on any atom is 0.298 e. The molecule has 5 heteroatoms. The third-order valence-electron chi connectivity index (χ3n) is 8.33. The smallest absolute Gasteiger partial charge is 0.298 e. The number of aryl methyl sites for hydroxylation is 2. The Morgan fingerprint density at radius 3 is 2.43 bits per heavy atom. The molecule has 170 valence electrons. The van der Waals surface area contributed by atoms with Crippen LogP contribution in [0.25, 0.3) is 54.7 Å². The molecule has 0 radical (unpaired) electrons. The van der Waals surface area contributed by atoms with Gasteiger partial charge in [-0.05, 0) is 38.8 Å². The number of methoxy groups -OCH3 is 1. The number of fused-ring (bicyclic) bond motifs is 13. The fourth-order valence-electron chi connectivity index (χ4n) is 6.70. The van der Waals surface area contributed by atoms with Crippen molar-refractivity contribution in [1.82, 2.24) is 9.55 Å². The minimum absolute atomic E-state index is 0.127.